The molecular formula is C28H26N6. The number of fused-ring (bicyclic) bond motifs is 3. The maximum absolute atomic E-state index is 6.76. The summed E-state index contributed by atoms with van der Waals surface area (Å²) in [5.41, 5.74) is 13.5. The van der Waals surface area contributed by atoms with Gasteiger partial charge in [0.15, 0.2) is 5.65 Å². The van der Waals surface area contributed by atoms with Gasteiger partial charge in [0.2, 0.25) is 0 Å². The zero-order chi connectivity index (χ0) is 22.7. The maximum atomic E-state index is 6.76. The van der Waals surface area contributed by atoms with Crippen molar-refractivity contribution in [3.63, 3.8) is 0 Å². The fourth-order valence-electron chi connectivity index (χ4n) is 6.03. The molecule has 0 saturated carbocycles. The van der Waals surface area contributed by atoms with Crippen LogP contribution in [0.25, 0.3) is 27.8 Å². The first kappa shape index (κ1) is 19.7. The second-order valence-electron chi connectivity index (χ2n) is 9.67. The van der Waals surface area contributed by atoms with E-state index in [-0.39, 0.29) is 11.5 Å². The largest absolute Gasteiger partial charge is 0.355 e. The molecular weight excluding hydrogens is 420 g/mol. The van der Waals surface area contributed by atoms with E-state index in [0.29, 0.717) is 0 Å². The highest BCUT2D eigenvalue weighted by atomic mass is 15.2. The molecule has 0 radical (unpaired) electrons. The summed E-state index contributed by atoms with van der Waals surface area (Å²) in [4.78, 5) is 16.7. The van der Waals surface area contributed by atoms with Gasteiger partial charge in [-0.1, -0.05) is 30.3 Å². The smallest absolute Gasteiger partial charge is 0.163 e. The molecule has 0 unspecified atom stereocenters. The van der Waals surface area contributed by atoms with Gasteiger partial charge in [-0.25, -0.2) is 9.97 Å². The first-order chi connectivity index (χ1) is 16.7. The van der Waals surface area contributed by atoms with E-state index in [1.165, 1.54) is 11.1 Å². The Balaban J connectivity index is 1.17. The van der Waals surface area contributed by atoms with Crippen LogP contribution in [0.3, 0.4) is 0 Å². The number of nitrogens with zero attached hydrogens (tertiary/aromatic N) is 5. The first-order valence-corrected chi connectivity index (χ1v) is 12.0. The van der Waals surface area contributed by atoms with E-state index in [0.717, 1.165) is 65.9 Å². The summed E-state index contributed by atoms with van der Waals surface area (Å²) in [5.74, 6) is 0.948. The van der Waals surface area contributed by atoms with Crippen molar-refractivity contribution in [3.8, 4) is 5.69 Å². The van der Waals surface area contributed by atoms with E-state index in [9.17, 15) is 0 Å². The summed E-state index contributed by atoms with van der Waals surface area (Å²) in [6.07, 6.45) is 9.04. The second-order valence-corrected chi connectivity index (χ2v) is 9.67. The molecule has 1 aliphatic heterocycles. The second kappa shape index (κ2) is 7.37. The normalized spacial score (nSPS) is 19.2. The Bertz CT molecular complexity index is 1520. The topological polar surface area (TPSA) is 72.9 Å². The Labute approximate surface area is 198 Å². The summed E-state index contributed by atoms with van der Waals surface area (Å²) in [6, 6.07) is 21.1. The standard InChI is InChI=1S/C28H26N6/c29-26-20-6-2-1-5-19(20)17-28(26)11-15-33(16-12-28)25-18-31-27-23(32-25)10-14-34(27)24-9-3-8-22-21(24)7-4-13-30-22/h1-10,13-14,18,26H,11-12,15-17,29H2/t26-/m1/s1. The Morgan fingerprint density at radius 3 is 2.65 bits per heavy atom. The van der Waals surface area contributed by atoms with Crippen LogP contribution in [-0.4, -0.2) is 32.6 Å². The van der Waals surface area contributed by atoms with Crippen molar-refractivity contribution in [1.82, 2.24) is 19.5 Å². The number of rotatable bonds is 2. The highest BCUT2D eigenvalue weighted by Crippen LogP contribution is 2.50. The fraction of sp³-hybridized carbons (Fsp3) is 0.250. The predicted molar refractivity (Wildman–Crippen MR) is 135 cm³/mol. The number of hydrogen-bond acceptors (Lipinski definition) is 5. The molecule has 3 aromatic heterocycles. The van der Waals surface area contributed by atoms with Crippen LogP contribution in [0, 0.1) is 5.41 Å². The van der Waals surface area contributed by atoms with Crippen LogP contribution in [0.4, 0.5) is 5.82 Å². The van der Waals surface area contributed by atoms with E-state index < -0.39 is 0 Å². The lowest BCUT2D eigenvalue weighted by atomic mass is 9.73. The van der Waals surface area contributed by atoms with Crippen molar-refractivity contribution in [3.05, 3.63) is 90.4 Å². The Morgan fingerprint density at radius 2 is 1.76 bits per heavy atom. The van der Waals surface area contributed by atoms with Gasteiger partial charge in [-0.15, -0.1) is 0 Å². The minimum absolute atomic E-state index is 0.128. The van der Waals surface area contributed by atoms with Crippen molar-refractivity contribution in [2.24, 2.45) is 11.1 Å². The van der Waals surface area contributed by atoms with Gasteiger partial charge in [-0.3, -0.25) is 9.55 Å². The van der Waals surface area contributed by atoms with Crippen molar-refractivity contribution in [2.45, 2.75) is 25.3 Å². The van der Waals surface area contributed by atoms with Crippen LogP contribution in [0.2, 0.25) is 0 Å². The molecule has 2 aromatic carbocycles. The van der Waals surface area contributed by atoms with Crippen molar-refractivity contribution in [1.29, 1.82) is 0 Å². The zero-order valence-electron chi connectivity index (χ0n) is 18.9. The minimum atomic E-state index is 0.128. The number of nitrogens with two attached hydrogens (primary N) is 1. The van der Waals surface area contributed by atoms with E-state index in [1.807, 2.05) is 30.6 Å². The molecule has 1 atom stereocenters. The van der Waals surface area contributed by atoms with E-state index in [2.05, 4.69) is 63.1 Å². The van der Waals surface area contributed by atoms with Crippen LogP contribution < -0.4 is 10.6 Å². The molecule has 4 heterocycles. The number of benzene rings is 2. The van der Waals surface area contributed by atoms with Gasteiger partial charge in [0.1, 0.15) is 11.3 Å². The third-order valence-corrected chi connectivity index (χ3v) is 7.93. The van der Waals surface area contributed by atoms with E-state index in [1.54, 1.807) is 0 Å². The third-order valence-electron chi connectivity index (χ3n) is 7.93. The van der Waals surface area contributed by atoms with Crippen LogP contribution in [0.1, 0.15) is 30.0 Å². The maximum Gasteiger partial charge on any atom is 0.163 e. The van der Waals surface area contributed by atoms with Gasteiger partial charge in [-0.05, 0) is 66.1 Å². The summed E-state index contributed by atoms with van der Waals surface area (Å²) >= 11 is 0. The van der Waals surface area contributed by atoms with Crippen LogP contribution in [0.15, 0.2) is 79.3 Å². The minimum Gasteiger partial charge on any atom is -0.355 e. The number of hydrogen-bond donors (Lipinski definition) is 1. The summed E-state index contributed by atoms with van der Waals surface area (Å²) in [7, 11) is 0. The average molecular weight is 447 g/mol. The van der Waals surface area contributed by atoms with Gasteiger partial charge in [0.25, 0.3) is 0 Å². The predicted octanol–water partition coefficient (Wildman–Crippen LogP) is 4.81. The lowest BCUT2D eigenvalue weighted by molar-refractivity contribution is 0.187. The quantitative estimate of drug-likeness (QED) is 0.421. The first-order valence-electron chi connectivity index (χ1n) is 12.0. The molecule has 1 aliphatic carbocycles. The summed E-state index contributed by atoms with van der Waals surface area (Å²) in [6.45, 7) is 1.91. The number of anilines is 1. The molecule has 1 spiro atoms. The Hall–Kier alpha value is -3.77. The van der Waals surface area contributed by atoms with Crippen LogP contribution >= 0.6 is 0 Å². The number of pyridine rings is 1. The lowest BCUT2D eigenvalue weighted by Gasteiger charge is -2.42. The molecule has 34 heavy (non-hydrogen) atoms. The molecule has 1 fully saturated rings. The molecule has 6 heteroatoms. The van der Waals surface area contributed by atoms with Crippen molar-refractivity contribution in [2.75, 3.05) is 18.0 Å². The molecule has 7 rings (SSSR count). The van der Waals surface area contributed by atoms with Crippen molar-refractivity contribution < 1.29 is 0 Å². The van der Waals surface area contributed by atoms with Gasteiger partial charge >= 0.3 is 0 Å². The molecule has 1 saturated heterocycles. The summed E-state index contributed by atoms with van der Waals surface area (Å²) < 4.78 is 2.11. The average Bonchev–Trinajstić information content (AvgIpc) is 3.43. The zero-order valence-corrected chi connectivity index (χ0v) is 18.9. The van der Waals surface area contributed by atoms with Crippen LogP contribution in [0.5, 0.6) is 0 Å². The van der Waals surface area contributed by atoms with Crippen LogP contribution in [-0.2, 0) is 6.42 Å². The highest BCUT2D eigenvalue weighted by Gasteiger charge is 2.45. The Morgan fingerprint density at radius 1 is 0.882 bits per heavy atom. The molecule has 0 amide bonds. The van der Waals surface area contributed by atoms with E-state index >= 15 is 0 Å². The molecule has 5 aromatic rings. The summed E-state index contributed by atoms with van der Waals surface area (Å²) in [5, 5.41) is 1.10. The van der Waals surface area contributed by atoms with Crippen molar-refractivity contribution >= 4 is 27.9 Å². The Kier molecular flexibility index (Phi) is 4.26. The third kappa shape index (κ3) is 2.88. The SMILES string of the molecule is N[C@@H]1c2ccccc2CC12CCN(c1cnc3c(ccn3-c3cccc4ncccc34)n1)CC2. The molecule has 2 aliphatic rings. The highest BCUT2D eigenvalue weighted by molar-refractivity contribution is 5.89. The van der Waals surface area contributed by atoms with Gasteiger partial charge in [0, 0.05) is 36.9 Å². The monoisotopic (exact) mass is 446 g/mol. The molecule has 2 N–H and O–H groups in total. The molecule has 0 bridgehead atoms. The number of piperidine rings is 1. The number of aromatic nitrogens is 4. The van der Waals surface area contributed by atoms with Gasteiger partial charge in [0.05, 0.1) is 17.4 Å². The van der Waals surface area contributed by atoms with Gasteiger partial charge < -0.3 is 10.6 Å². The fourth-order valence-corrected chi connectivity index (χ4v) is 6.03. The molecule has 6 nitrogen and oxygen atoms in total. The lowest BCUT2D eigenvalue weighted by Crippen LogP contribution is -2.44. The van der Waals surface area contributed by atoms with Gasteiger partial charge in [-0.2, -0.15) is 0 Å². The molecule has 168 valence electrons. The van der Waals surface area contributed by atoms with E-state index in [4.69, 9.17) is 15.7 Å².